The number of aliphatic carboxylic acids is 2. The van der Waals surface area contributed by atoms with Gasteiger partial charge in [-0.1, -0.05) is 19.3 Å². The van der Waals surface area contributed by atoms with Crippen molar-refractivity contribution in [3.8, 4) is 0 Å². The Morgan fingerprint density at radius 1 is 0.905 bits per heavy atom. The molecular weight excluding hydrogens is 276 g/mol. The van der Waals surface area contributed by atoms with E-state index in [0.717, 1.165) is 19.3 Å². The number of carbonyl (C=O) groups is 3. The largest absolute Gasteiger partial charge is 0.481 e. The van der Waals surface area contributed by atoms with Crippen LogP contribution in [0.1, 0.15) is 57.8 Å². The highest BCUT2D eigenvalue weighted by molar-refractivity contribution is 5.83. The maximum atomic E-state index is 11.6. The summed E-state index contributed by atoms with van der Waals surface area (Å²) >= 11 is 0. The van der Waals surface area contributed by atoms with Crippen molar-refractivity contribution in [2.75, 3.05) is 6.54 Å². The summed E-state index contributed by atoms with van der Waals surface area (Å²) in [4.78, 5) is 32.9. The Morgan fingerprint density at radius 2 is 1.48 bits per heavy atom. The van der Waals surface area contributed by atoms with E-state index in [4.69, 9.17) is 15.9 Å². The van der Waals surface area contributed by atoms with Gasteiger partial charge in [-0.25, -0.2) is 4.79 Å². The first-order valence-electron chi connectivity index (χ1n) is 7.41. The van der Waals surface area contributed by atoms with Gasteiger partial charge in [0, 0.05) is 12.8 Å². The maximum absolute atomic E-state index is 11.6. The summed E-state index contributed by atoms with van der Waals surface area (Å²) < 4.78 is 0. The summed E-state index contributed by atoms with van der Waals surface area (Å²) in [6.45, 7) is 0.399. The van der Waals surface area contributed by atoms with Crippen LogP contribution >= 0.6 is 0 Å². The highest BCUT2D eigenvalue weighted by Gasteiger charge is 2.18. The van der Waals surface area contributed by atoms with Crippen LogP contribution in [0, 0.1) is 0 Å². The molecule has 0 saturated heterocycles. The van der Waals surface area contributed by atoms with Crippen LogP contribution in [0.3, 0.4) is 0 Å². The van der Waals surface area contributed by atoms with Gasteiger partial charge < -0.3 is 21.3 Å². The van der Waals surface area contributed by atoms with Crippen molar-refractivity contribution in [2.45, 2.75) is 63.8 Å². The fraction of sp³-hybridized carbons (Fsp3) is 0.786. The Hall–Kier alpha value is -1.63. The second-order valence-electron chi connectivity index (χ2n) is 5.05. The minimum absolute atomic E-state index is 0.182. The zero-order valence-corrected chi connectivity index (χ0v) is 12.3. The predicted molar refractivity (Wildman–Crippen MR) is 77.8 cm³/mol. The summed E-state index contributed by atoms with van der Waals surface area (Å²) in [5, 5.41) is 19.9. The number of carbonyl (C=O) groups excluding carboxylic acids is 1. The molecule has 0 aliphatic rings. The molecule has 122 valence electrons. The lowest BCUT2D eigenvalue weighted by Gasteiger charge is -2.13. The standard InChI is InChI=1S/C14H26N2O5/c15-10-6-7-11(14(20)21)16-12(17)8-4-2-1-3-5-9-13(18)19/h11H,1-10,15H2,(H,16,17)(H,18,19)(H,20,21)/t11-/m0/s1. The molecule has 0 spiro atoms. The van der Waals surface area contributed by atoms with Gasteiger partial charge in [0.25, 0.3) is 0 Å². The predicted octanol–water partition coefficient (Wildman–Crippen LogP) is 1.11. The maximum Gasteiger partial charge on any atom is 0.326 e. The molecule has 21 heavy (non-hydrogen) atoms. The Balaban J connectivity index is 3.68. The first-order chi connectivity index (χ1) is 9.97. The lowest BCUT2D eigenvalue weighted by molar-refractivity contribution is -0.142. The van der Waals surface area contributed by atoms with Gasteiger partial charge in [-0.3, -0.25) is 9.59 Å². The van der Waals surface area contributed by atoms with E-state index in [1.54, 1.807) is 0 Å². The van der Waals surface area contributed by atoms with Crippen LogP contribution in [-0.2, 0) is 14.4 Å². The Kier molecular flexibility index (Phi) is 11.2. The van der Waals surface area contributed by atoms with E-state index in [2.05, 4.69) is 5.32 Å². The highest BCUT2D eigenvalue weighted by Crippen LogP contribution is 2.07. The average molecular weight is 302 g/mol. The summed E-state index contributed by atoms with van der Waals surface area (Å²) in [5.74, 6) is -2.08. The van der Waals surface area contributed by atoms with E-state index >= 15 is 0 Å². The van der Waals surface area contributed by atoms with Crippen molar-refractivity contribution in [3.05, 3.63) is 0 Å². The number of carboxylic acid groups (broad SMARTS) is 2. The SMILES string of the molecule is NCCC[C@H](NC(=O)CCCCCCCC(=O)O)C(=O)O. The molecule has 0 fully saturated rings. The van der Waals surface area contributed by atoms with Gasteiger partial charge >= 0.3 is 11.9 Å². The van der Waals surface area contributed by atoms with E-state index in [-0.39, 0.29) is 12.3 Å². The zero-order chi connectivity index (χ0) is 16.1. The minimum Gasteiger partial charge on any atom is -0.481 e. The van der Waals surface area contributed by atoms with E-state index in [1.165, 1.54) is 0 Å². The third kappa shape index (κ3) is 11.9. The molecule has 0 radical (unpaired) electrons. The van der Waals surface area contributed by atoms with Crippen molar-refractivity contribution < 1.29 is 24.6 Å². The van der Waals surface area contributed by atoms with Crippen molar-refractivity contribution in [1.29, 1.82) is 0 Å². The molecule has 0 aromatic carbocycles. The minimum atomic E-state index is -1.04. The topological polar surface area (TPSA) is 130 Å². The van der Waals surface area contributed by atoms with Gasteiger partial charge in [-0.15, -0.1) is 0 Å². The van der Waals surface area contributed by atoms with Crippen molar-refractivity contribution in [1.82, 2.24) is 5.32 Å². The molecule has 0 aromatic rings. The van der Waals surface area contributed by atoms with E-state index in [0.29, 0.717) is 38.6 Å². The molecule has 0 unspecified atom stereocenters. The molecule has 0 aromatic heterocycles. The third-order valence-electron chi connectivity index (χ3n) is 3.12. The van der Waals surface area contributed by atoms with Crippen LogP contribution in [0.5, 0.6) is 0 Å². The van der Waals surface area contributed by atoms with Crippen molar-refractivity contribution in [3.63, 3.8) is 0 Å². The molecule has 1 atom stereocenters. The summed E-state index contributed by atoms with van der Waals surface area (Å²) in [6, 6.07) is -0.864. The number of rotatable bonds is 13. The van der Waals surface area contributed by atoms with Crippen LogP contribution in [0.2, 0.25) is 0 Å². The smallest absolute Gasteiger partial charge is 0.326 e. The van der Waals surface area contributed by atoms with Gasteiger partial charge in [0.15, 0.2) is 0 Å². The quantitative estimate of drug-likeness (QED) is 0.377. The van der Waals surface area contributed by atoms with E-state index < -0.39 is 18.0 Å². The Morgan fingerprint density at radius 3 is 2.00 bits per heavy atom. The molecule has 0 heterocycles. The third-order valence-corrected chi connectivity index (χ3v) is 3.12. The van der Waals surface area contributed by atoms with Crippen molar-refractivity contribution in [2.24, 2.45) is 5.73 Å². The van der Waals surface area contributed by atoms with Gasteiger partial charge in [0.1, 0.15) is 6.04 Å². The summed E-state index contributed by atoms with van der Waals surface area (Å²) in [5.41, 5.74) is 5.32. The molecular formula is C14H26N2O5. The second kappa shape index (κ2) is 12.1. The molecule has 0 rings (SSSR count). The number of amides is 1. The van der Waals surface area contributed by atoms with Crippen LogP contribution in [0.15, 0.2) is 0 Å². The first kappa shape index (κ1) is 19.4. The molecule has 7 nitrogen and oxygen atoms in total. The first-order valence-corrected chi connectivity index (χ1v) is 7.41. The lowest BCUT2D eigenvalue weighted by atomic mass is 10.1. The number of nitrogens with two attached hydrogens (primary N) is 1. The number of nitrogens with one attached hydrogen (secondary N) is 1. The second-order valence-corrected chi connectivity index (χ2v) is 5.05. The number of carboxylic acids is 2. The van der Waals surface area contributed by atoms with Gasteiger partial charge in [0.05, 0.1) is 0 Å². The molecule has 0 saturated carbocycles. The van der Waals surface area contributed by atoms with Crippen LogP contribution in [0.4, 0.5) is 0 Å². The zero-order valence-electron chi connectivity index (χ0n) is 12.3. The summed E-state index contributed by atoms with van der Waals surface area (Å²) in [7, 11) is 0. The van der Waals surface area contributed by atoms with E-state index in [9.17, 15) is 14.4 Å². The normalized spacial score (nSPS) is 11.9. The number of unbranched alkanes of at least 4 members (excludes halogenated alkanes) is 4. The molecule has 0 aliphatic heterocycles. The van der Waals surface area contributed by atoms with Gasteiger partial charge in [0.2, 0.25) is 5.91 Å². The monoisotopic (exact) mass is 302 g/mol. The molecule has 5 N–H and O–H groups in total. The van der Waals surface area contributed by atoms with Crippen LogP contribution in [-0.4, -0.2) is 40.6 Å². The fourth-order valence-corrected chi connectivity index (χ4v) is 1.94. The van der Waals surface area contributed by atoms with Gasteiger partial charge in [-0.05, 0) is 32.2 Å². The number of hydrogen-bond donors (Lipinski definition) is 4. The highest BCUT2D eigenvalue weighted by atomic mass is 16.4. The average Bonchev–Trinajstić information content (AvgIpc) is 2.41. The molecule has 0 bridgehead atoms. The van der Waals surface area contributed by atoms with Crippen LogP contribution < -0.4 is 11.1 Å². The van der Waals surface area contributed by atoms with Crippen LogP contribution in [0.25, 0.3) is 0 Å². The van der Waals surface area contributed by atoms with Crippen molar-refractivity contribution >= 4 is 17.8 Å². The molecule has 0 aliphatic carbocycles. The Bertz CT molecular complexity index is 333. The molecule has 7 heteroatoms. The fourth-order valence-electron chi connectivity index (χ4n) is 1.94. The number of hydrogen-bond acceptors (Lipinski definition) is 4. The molecule has 1 amide bonds. The van der Waals surface area contributed by atoms with Gasteiger partial charge in [-0.2, -0.15) is 0 Å². The van der Waals surface area contributed by atoms with E-state index in [1.807, 2.05) is 0 Å². The Labute approximate surface area is 124 Å². The summed E-state index contributed by atoms with van der Waals surface area (Å²) in [6.07, 6.45) is 5.27. The lowest BCUT2D eigenvalue weighted by Crippen LogP contribution is -2.40.